The van der Waals surface area contributed by atoms with E-state index in [0.29, 0.717) is 19.4 Å². The standard InChI is InChI=1S/C17H22N2O2S/c1-21-12-6-5-11-18-16(20)10-9-15-13-22-17(19-15)14-7-3-2-4-8-14/h2-4,7-8,13H,5-6,9-12H2,1H3,(H,18,20). The van der Waals surface area contributed by atoms with Gasteiger partial charge < -0.3 is 10.1 Å². The van der Waals surface area contributed by atoms with Gasteiger partial charge in [-0.2, -0.15) is 0 Å². The minimum absolute atomic E-state index is 0.0895. The van der Waals surface area contributed by atoms with Crippen LogP contribution in [-0.2, 0) is 16.0 Å². The van der Waals surface area contributed by atoms with Crippen molar-refractivity contribution in [3.63, 3.8) is 0 Å². The Balaban J connectivity index is 1.71. The Bertz CT molecular complexity index is 569. The van der Waals surface area contributed by atoms with Gasteiger partial charge in [0, 0.05) is 37.6 Å². The molecule has 0 fully saturated rings. The number of benzene rings is 1. The molecule has 0 aliphatic rings. The molecule has 1 heterocycles. The SMILES string of the molecule is COCCCCNC(=O)CCc1csc(-c2ccccc2)n1. The Kier molecular flexibility index (Phi) is 7.06. The predicted octanol–water partition coefficient (Wildman–Crippen LogP) is 3.29. The van der Waals surface area contributed by atoms with Gasteiger partial charge in [-0.3, -0.25) is 4.79 Å². The Morgan fingerprint density at radius 3 is 2.86 bits per heavy atom. The number of rotatable bonds is 9. The fourth-order valence-electron chi connectivity index (χ4n) is 2.06. The van der Waals surface area contributed by atoms with E-state index < -0.39 is 0 Å². The van der Waals surface area contributed by atoms with Crippen LogP contribution in [0.15, 0.2) is 35.7 Å². The van der Waals surface area contributed by atoms with Gasteiger partial charge in [-0.05, 0) is 19.3 Å². The van der Waals surface area contributed by atoms with Crippen LogP contribution >= 0.6 is 11.3 Å². The van der Waals surface area contributed by atoms with Crippen LogP contribution in [0.3, 0.4) is 0 Å². The molecule has 2 rings (SSSR count). The van der Waals surface area contributed by atoms with Crippen LogP contribution in [0.25, 0.3) is 10.6 Å². The van der Waals surface area contributed by atoms with Crippen LogP contribution < -0.4 is 5.32 Å². The molecule has 0 aliphatic heterocycles. The Morgan fingerprint density at radius 2 is 2.09 bits per heavy atom. The van der Waals surface area contributed by atoms with Crippen molar-refractivity contribution in [2.24, 2.45) is 0 Å². The van der Waals surface area contributed by atoms with Crippen LogP contribution in [-0.4, -0.2) is 31.2 Å². The number of amides is 1. The topological polar surface area (TPSA) is 51.2 Å². The highest BCUT2D eigenvalue weighted by molar-refractivity contribution is 7.13. The molecule has 0 saturated carbocycles. The number of hydrogen-bond donors (Lipinski definition) is 1. The lowest BCUT2D eigenvalue weighted by Crippen LogP contribution is -2.24. The summed E-state index contributed by atoms with van der Waals surface area (Å²) in [6, 6.07) is 10.1. The summed E-state index contributed by atoms with van der Waals surface area (Å²) >= 11 is 1.62. The Labute approximate surface area is 135 Å². The second kappa shape index (κ2) is 9.33. The maximum atomic E-state index is 11.8. The van der Waals surface area contributed by atoms with E-state index in [1.807, 2.05) is 23.6 Å². The zero-order valence-electron chi connectivity index (χ0n) is 12.9. The van der Waals surface area contributed by atoms with Gasteiger partial charge in [0.15, 0.2) is 0 Å². The number of nitrogens with one attached hydrogen (secondary N) is 1. The van der Waals surface area contributed by atoms with E-state index in [1.54, 1.807) is 18.4 Å². The molecular weight excluding hydrogens is 296 g/mol. The number of hydrogen-bond acceptors (Lipinski definition) is 4. The van der Waals surface area contributed by atoms with Crippen molar-refractivity contribution in [3.05, 3.63) is 41.4 Å². The summed E-state index contributed by atoms with van der Waals surface area (Å²) < 4.78 is 4.97. The predicted molar refractivity (Wildman–Crippen MR) is 90.0 cm³/mol. The third-order valence-corrected chi connectivity index (χ3v) is 4.22. The monoisotopic (exact) mass is 318 g/mol. The summed E-state index contributed by atoms with van der Waals surface area (Å²) in [6.45, 7) is 1.46. The average molecular weight is 318 g/mol. The molecule has 0 bridgehead atoms. The number of unbranched alkanes of at least 4 members (excludes halogenated alkanes) is 1. The van der Waals surface area contributed by atoms with Crippen LogP contribution in [0.2, 0.25) is 0 Å². The first-order valence-electron chi connectivity index (χ1n) is 7.55. The summed E-state index contributed by atoms with van der Waals surface area (Å²) in [5.41, 5.74) is 2.11. The largest absolute Gasteiger partial charge is 0.385 e. The van der Waals surface area contributed by atoms with E-state index >= 15 is 0 Å². The zero-order chi connectivity index (χ0) is 15.6. The van der Waals surface area contributed by atoms with Crippen molar-refractivity contribution in [1.29, 1.82) is 0 Å². The van der Waals surface area contributed by atoms with Crippen molar-refractivity contribution >= 4 is 17.2 Å². The van der Waals surface area contributed by atoms with Crippen LogP contribution in [0, 0.1) is 0 Å². The van der Waals surface area contributed by atoms with E-state index in [4.69, 9.17) is 4.74 Å². The maximum absolute atomic E-state index is 11.8. The van der Waals surface area contributed by atoms with E-state index in [0.717, 1.165) is 35.7 Å². The van der Waals surface area contributed by atoms with Gasteiger partial charge in [-0.15, -0.1) is 11.3 Å². The zero-order valence-corrected chi connectivity index (χ0v) is 13.7. The van der Waals surface area contributed by atoms with E-state index in [9.17, 15) is 4.79 Å². The molecule has 1 aromatic carbocycles. The third kappa shape index (κ3) is 5.58. The normalized spacial score (nSPS) is 10.6. The molecule has 0 saturated heterocycles. The van der Waals surface area contributed by atoms with E-state index in [2.05, 4.69) is 22.4 Å². The molecule has 0 aliphatic carbocycles. The van der Waals surface area contributed by atoms with Gasteiger partial charge in [0.05, 0.1) is 5.69 Å². The number of aryl methyl sites for hydroxylation is 1. The third-order valence-electron chi connectivity index (χ3n) is 3.28. The fraction of sp³-hybridized carbons (Fsp3) is 0.412. The van der Waals surface area contributed by atoms with Crippen LogP contribution in [0.5, 0.6) is 0 Å². The number of thiazole rings is 1. The molecule has 1 N–H and O–H groups in total. The van der Waals surface area contributed by atoms with E-state index in [-0.39, 0.29) is 5.91 Å². The molecule has 0 atom stereocenters. The minimum atomic E-state index is 0.0895. The quantitative estimate of drug-likeness (QED) is 0.722. The lowest BCUT2D eigenvalue weighted by atomic mass is 10.2. The molecule has 5 heteroatoms. The summed E-state index contributed by atoms with van der Waals surface area (Å²) in [4.78, 5) is 16.4. The van der Waals surface area contributed by atoms with Crippen molar-refractivity contribution < 1.29 is 9.53 Å². The number of carbonyl (C=O) groups excluding carboxylic acids is 1. The summed E-state index contributed by atoms with van der Waals surface area (Å²) in [6.07, 6.45) is 3.10. The lowest BCUT2D eigenvalue weighted by molar-refractivity contribution is -0.121. The van der Waals surface area contributed by atoms with Gasteiger partial charge in [0.1, 0.15) is 5.01 Å². The van der Waals surface area contributed by atoms with E-state index in [1.165, 1.54) is 0 Å². The van der Waals surface area contributed by atoms with Gasteiger partial charge in [0.2, 0.25) is 5.91 Å². The van der Waals surface area contributed by atoms with Crippen molar-refractivity contribution in [1.82, 2.24) is 10.3 Å². The Hall–Kier alpha value is -1.72. The first kappa shape index (κ1) is 16.6. The molecule has 0 unspecified atom stereocenters. The van der Waals surface area contributed by atoms with Crippen LogP contribution in [0.4, 0.5) is 0 Å². The van der Waals surface area contributed by atoms with Crippen molar-refractivity contribution in [3.8, 4) is 10.6 Å². The first-order chi connectivity index (χ1) is 10.8. The van der Waals surface area contributed by atoms with Crippen molar-refractivity contribution in [2.45, 2.75) is 25.7 Å². The Morgan fingerprint density at radius 1 is 1.27 bits per heavy atom. The maximum Gasteiger partial charge on any atom is 0.220 e. The molecule has 0 radical (unpaired) electrons. The summed E-state index contributed by atoms with van der Waals surface area (Å²) in [5.74, 6) is 0.0895. The molecule has 0 spiro atoms. The van der Waals surface area contributed by atoms with Gasteiger partial charge >= 0.3 is 0 Å². The molecule has 1 aromatic heterocycles. The van der Waals surface area contributed by atoms with Gasteiger partial charge in [0.25, 0.3) is 0 Å². The van der Waals surface area contributed by atoms with Gasteiger partial charge in [-0.1, -0.05) is 30.3 Å². The highest BCUT2D eigenvalue weighted by Crippen LogP contribution is 2.23. The number of aromatic nitrogens is 1. The average Bonchev–Trinajstić information content (AvgIpc) is 3.02. The first-order valence-corrected chi connectivity index (χ1v) is 8.43. The molecule has 4 nitrogen and oxygen atoms in total. The fourth-order valence-corrected chi connectivity index (χ4v) is 2.92. The second-order valence-corrected chi connectivity index (χ2v) is 5.92. The second-order valence-electron chi connectivity index (χ2n) is 5.06. The number of ether oxygens (including phenoxy) is 1. The van der Waals surface area contributed by atoms with Crippen molar-refractivity contribution in [2.75, 3.05) is 20.3 Å². The van der Waals surface area contributed by atoms with Crippen LogP contribution in [0.1, 0.15) is 25.0 Å². The minimum Gasteiger partial charge on any atom is -0.385 e. The number of nitrogens with zero attached hydrogens (tertiary/aromatic N) is 1. The molecule has 22 heavy (non-hydrogen) atoms. The summed E-state index contributed by atoms with van der Waals surface area (Å²) in [7, 11) is 1.69. The van der Waals surface area contributed by atoms with Gasteiger partial charge in [-0.25, -0.2) is 4.98 Å². The number of carbonyl (C=O) groups is 1. The lowest BCUT2D eigenvalue weighted by Gasteiger charge is -2.04. The molecule has 118 valence electrons. The smallest absolute Gasteiger partial charge is 0.220 e. The molecule has 1 amide bonds. The highest BCUT2D eigenvalue weighted by Gasteiger charge is 2.07. The number of methoxy groups -OCH3 is 1. The molecular formula is C17H22N2O2S. The summed E-state index contributed by atoms with van der Waals surface area (Å²) in [5, 5.41) is 5.98. The highest BCUT2D eigenvalue weighted by atomic mass is 32.1. The molecule has 2 aromatic rings.